The van der Waals surface area contributed by atoms with Crippen LogP contribution in [0.4, 0.5) is 0 Å². The van der Waals surface area contributed by atoms with E-state index < -0.39 is 0 Å². The van der Waals surface area contributed by atoms with Crippen molar-refractivity contribution in [1.29, 1.82) is 0 Å². The molecule has 0 saturated carbocycles. The van der Waals surface area contributed by atoms with Crippen molar-refractivity contribution in [3.63, 3.8) is 0 Å². The molecule has 104 valence electrons. The normalized spacial score (nSPS) is 18.4. The van der Waals surface area contributed by atoms with E-state index in [0.29, 0.717) is 0 Å². The van der Waals surface area contributed by atoms with Gasteiger partial charge in [0.1, 0.15) is 5.75 Å². The third-order valence-corrected chi connectivity index (χ3v) is 3.54. The number of amides is 1. The van der Waals surface area contributed by atoms with Gasteiger partial charge in [0.2, 0.25) is 0 Å². The van der Waals surface area contributed by atoms with Crippen LogP contribution in [0.5, 0.6) is 5.75 Å². The van der Waals surface area contributed by atoms with Crippen LogP contribution in [-0.4, -0.2) is 37.6 Å². The van der Waals surface area contributed by atoms with Gasteiger partial charge in [-0.2, -0.15) is 0 Å². The fraction of sp³-hybridized carbons (Fsp3) is 0.533. The highest BCUT2D eigenvalue weighted by Gasteiger charge is 2.14. The molecule has 0 fully saturated rings. The highest BCUT2D eigenvalue weighted by atomic mass is 16.5. The Labute approximate surface area is 114 Å². The van der Waals surface area contributed by atoms with Gasteiger partial charge in [-0.15, -0.1) is 0 Å². The largest absolute Gasteiger partial charge is 0.484 e. The average Bonchev–Trinajstić information content (AvgIpc) is 2.55. The quantitative estimate of drug-likeness (QED) is 0.837. The molecule has 4 heteroatoms. The Morgan fingerprint density at radius 3 is 2.95 bits per heavy atom. The number of benzene rings is 1. The van der Waals surface area contributed by atoms with E-state index in [1.807, 2.05) is 12.1 Å². The number of fused-ring (bicyclic) bond motifs is 1. The van der Waals surface area contributed by atoms with Gasteiger partial charge < -0.3 is 15.4 Å². The SMILES string of the molecule is CN(C)C(=O)COc1ccc2c(c1)CC(N)CCC2. The second kappa shape index (κ2) is 6.06. The minimum Gasteiger partial charge on any atom is -0.484 e. The smallest absolute Gasteiger partial charge is 0.259 e. The lowest BCUT2D eigenvalue weighted by atomic mass is 10.0. The van der Waals surface area contributed by atoms with Gasteiger partial charge in [-0.25, -0.2) is 0 Å². The Morgan fingerprint density at radius 1 is 1.42 bits per heavy atom. The van der Waals surface area contributed by atoms with E-state index in [-0.39, 0.29) is 18.6 Å². The van der Waals surface area contributed by atoms with Crippen LogP contribution in [0.25, 0.3) is 0 Å². The van der Waals surface area contributed by atoms with Gasteiger partial charge in [0.15, 0.2) is 6.61 Å². The minimum atomic E-state index is -0.0355. The fourth-order valence-electron chi connectivity index (χ4n) is 2.34. The van der Waals surface area contributed by atoms with Crippen LogP contribution < -0.4 is 10.5 Å². The molecule has 2 rings (SSSR count). The van der Waals surface area contributed by atoms with Crippen molar-refractivity contribution in [2.75, 3.05) is 20.7 Å². The maximum atomic E-state index is 11.5. The van der Waals surface area contributed by atoms with Gasteiger partial charge in [0, 0.05) is 20.1 Å². The number of nitrogens with zero attached hydrogens (tertiary/aromatic N) is 1. The number of hydrogen-bond donors (Lipinski definition) is 1. The Balaban J connectivity index is 2.05. The lowest BCUT2D eigenvalue weighted by Crippen LogP contribution is -2.27. The molecule has 1 atom stereocenters. The first kappa shape index (κ1) is 13.9. The third-order valence-electron chi connectivity index (χ3n) is 3.54. The van der Waals surface area contributed by atoms with Crippen LogP contribution in [0.3, 0.4) is 0 Å². The van der Waals surface area contributed by atoms with Gasteiger partial charge in [-0.3, -0.25) is 4.79 Å². The number of rotatable bonds is 3. The van der Waals surface area contributed by atoms with Gasteiger partial charge in [0.05, 0.1) is 0 Å². The second-order valence-corrected chi connectivity index (χ2v) is 5.36. The molecule has 1 aliphatic carbocycles. The summed E-state index contributed by atoms with van der Waals surface area (Å²) >= 11 is 0. The van der Waals surface area contributed by atoms with E-state index in [4.69, 9.17) is 10.5 Å². The summed E-state index contributed by atoms with van der Waals surface area (Å²) in [5.74, 6) is 0.717. The van der Waals surface area contributed by atoms with E-state index in [1.165, 1.54) is 16.0 Å². The van der Waals surface area contributed by atoms with Crippen molar-refractivity contribution in [3.05, 3.63) is 29.3 Å². The molecule has 19 heavy (non-hydrogen) atoms. The molecule has 0 aromatic heterocycles. The van der Waals surface area contributed by atoms with E-state index >= 15 is 0 Å². The summed E-state index contributed by atoms with van der Waals surface area (Å²) in [6.45, 7) is 0.0812. The molecule has 0 heterocycles. The first-order valence-electron chi connectivity index (χ1n) is 6.76. The van der Waals surface area contributed by atoms with Crippen molar-refractivity contribution in [2.24, 2.45) is 5.73 Å². The molecule has 2 N–H and O–H groups in total. The van der Waals surface area contributed by atoms with Crippen molar-refractivity contribution < 1.29 is 9.53 Å². The average molecular weight is 262 g/mol. The number of carbonyl (C=O) groups excluding carboxylic acids is 1. The van der Waals surface area contributed by atoms with E-state index in [9.17, 15) is 4.79 Å². The molecular formula is C15H22N2O2. The Hall–Kier alpha value is -1.55. The van der Waals surface area contributed by atoms with Crippen LogP contribution in [0.2, 0.25) is 0 Å². The molecule has 0 bridgehead atoms. The van der Waals surface area contributed by atoms with Gasteiger partial charge >= 0.3 is 0 Å². The predicted octanol–water partition coefficient (Wildman–Crippen LogP) is 1.36. The van der Waals surface area contributed by atoms with Crippen LogP contribution in [0, 0.1) is 0 Å². The summed E-state index contributed by atoms with van der Waals surface area (Å²) in [5, 5.41) is 0. The van der Waals surface area contributed by atoms with E-state index in [2.05, 4.69) is 6.07 Å². The predicted molar refractivity (Wildman–Crippen MR) is 75.2 cm³/mol. The van der Waals surface area contributed by atoms with Crippen molar-refractivity contribution >= 4 is 5.91 Å². The summed E-state index contributed by atoms with van der Waals surface area (Å²) in [7, 11) is 3.45. The summed E-state index contributed by atoms with van der Waals surface area (Å²) < 4.78 is 5.54. The number of nitrogens with two attached hydrogens (primary N) is 1. The number of hydrogen-bond acceptors (Lipinski definition) is 3. The maximum Gasteiger partial charge on any atom is 0.259 e. The van der Waals surface area contributed by atoms with Crippen LogP contribution in [0.1, 0.15) is 24.0 Å². The topological polar surface area (TPSA) is 55.6 Å². The molecule has 0 spiro atoms. The second-order valence-electron chi connectivity index (χ2n) is 5.36. The molecule has 4 nitrogen and oxygen atoms in total. The minimum absolute atomic E-state index is 0.0355. The first-order valence-corrected chi connectivity index (χ1v) is 6.76. The third kappa shape index (κ3) is 3.70. The fourth-order valence-corrected chi connectivity index (χ4v) is 2.34. The first-order chi connectivity index (χ1) is 9.06. The molecule has 1 aromatic rings. The molecule has 0 radical (unpaired) electrons. The maximum absolute atomic E-state index is 11.5. The molecule has 0 aliphatic heterocycles. The number of ether oxygens (including phenoxy) is 1. The molecule has 1 amide bonds. The van der Waals surface area contributed by atoms with Crippen molar-refractivity contribution in [1.82, 2.24) is 4.90 Å². The van der Waals surface area contributed by atoms with Crippen LogP contribution in [-0.2, 0) is 17.6 Å². The zero-order valence-corrected chi connectivity index (χ0v) is 11.7. The number of aryl methyl sites for hydroxylation is 1. The summed E-state index contributed by atoms with van der Waals surface area (Å²) in [5.41, 5.74) is 8.68. The molecular weight excluding hydrogens is 240 g/mol. The van der Waals surface area contributed by atoms with E-state index in [1.54, 1.807) is 14.1 Å². The highest BCUT2D eigenvalue weighted by molar-refractivity contribution is 5.77. The number of likely N-dealkylation sites (N-methyl/N-ethyl adjacent to an activating group) is 1. The lowest BCUT2D eigenvalue weighted by Gasteiger charge is -2.14. The summed E-state index contributed by atoms with van der Waals surface area (Å²) in [6.07, 6.45) is 4.20. The summed E-state index contributed by atoms with van der Waals surface area (Å²) in [6, 6.07) is 6.31. The van der Waals surface area contributed by atoms with Gasteiger partial charge in [-0.1, -0.05) is 6.07 Å². The molecule has 1 unspecified atom stereocenters. The van der Waals surface area contributed by atoms with Crippen molar-refractivity contribution in [2.45, 2.75) is 31.7 Å². The number of carbonyl (C=O) groups is 1. The van der Waals surface area contributed by atoms with Crippen molar-refractivity contribution in [3.8, 4) is 5.75 Å². The summed E-state index contributed by atoms with van der Waals surface area (Å²) in [4.78, 5) is 13.0. The van der Waals surface area contributed by atoms with Gasteiger partial charge in [-0.05, 0) is 48.9 Å². The zero-order chi connectivity index (χ0) is 13.8. The Morgan fingerprint density at radius 2 is 2.21 bits per heavy atom. The van der Waals surface area contributed by atoms with Crippen LogP contribution in [0.15, 0.2) is 18.2 Å². The zero-order valence-electron chi connectivity index (χ0n) is 11.7. The monoisotopic (exact) mass is 262 g/mol. The lowest BCUT2D eigenvalue weighted by molar-refractivity contribution is -0.130. The molecule has 1 aromatic carbocycles. The molecule has 0 saturated heterocycles. The standard InChI is InChI=1S/C15H22N2O2/c1-17(2)15(18)10-19-14-7-6-11-4-3-5-13(16)8-12(11)9-14/h6-7,9,13H,3-5,8,10,16H2,1-2H3. The van der Waals surface area contributed by atoms with E-state index in [0.717, 1.165) is 31.4 Å². The highest BCUT2D eigenvalue weighted by Crippen LogP contribution is 2.24. The Kier molecular flexibility index (Phi) is 4.43. The Bertz CT molecular complexity index is 457. The van der Waals surface area contributed by atoms with Crippen LogP contribution >= 0.6 is 0 Å². The molecule has 1 aliphatic rings. The van der Waals surface area contributed by atoms with Gasteiger partial charge in [0.25, 0.3) is 5.91 Å².